The van der Waals surface area contributed by atoms with Crippen LogP contribution in [-0.4, -0.2) is 45.0 Å². The van der Waals surface area contributed by atoms with Gasteiger partial charge in [0.2, 0.25) is 0 Å². The van der Waals surface area contributed by atoms with E-state index in [4.69, 9.17) is 7.85 Å². The topological polar surface area (TPSA) is 15.3 Å². The number of hydrogen-bond acceptors (Lipinski definition) is 2. The highest BCUT2D eigenvalue weighted by atomic mass is 15.2. The summed E-state index contributed by atoms with van der Waals surface area (Å²) < 4.78 is 0. The fourth-order valence-corrected chi connectivity index (χ4v) is 3.88. The number of aryl methyl sites for hydroxylation is 1. The molecule has 1 aromatic carbocycles. The second-order valence-corrected chi connectivity index (χ2v) is 6.84. The molecule has 2 fully saturated rings. The van der Waals surface area contributed by atoms with Crippen molar-refractivity contribution in [2.24, 2.45) is 5.92 Å². The highest BCUT2D eigenvalue weighted by Gasteiger charge is 2.33. The Morgan fingerprint density at radius 3 is 2.57 bits per heavy atom. The largest absolute Gasteiger partial charge is 0.315 e. The first-order chi connectivity index (χ1) is 10.2. The van der Waals surface area contributed by atoms with Gasteiger partial charge in [-0.15, -0.1) is 0 Å². The Bertz CT molecular complexity index is 488. The van der Waals surface area contributed by atoms with E-state index in [9.17, 15) is 0 Å². The Morgan fingerprint density at radius 2 is 1.90 bits per heavy atom. The van der Waals surface area contributed by atoms with Gasteiger partial charge in [0, 0.05) is 25.7 Å². The summed E-state index contributed by atoms with van der Waals surface area (Å²) in [7, 11) is 5.69. The molecule has 0 spiro atoms. The van der Waals surface area contributed by atoms with Gasteiger partial charge >= 0.3 is 0 Å². The smallest absolute Gasteiger partial charge is 0.0657 e. The average Bonchev–Trinajstić information content (AvgIpc) is 2.94. The van der Waals surface area contributed by atoms with Gasteiger partial charge in [0.05, 0.1) is 7.85 Å². The molecule has 21 heavy (non-hydrogen) atoms. The fraction of sp³-hybridized carbons (Fsp3) is 0.667. The van der Waals surface area contributed by atoms with Crippen LogP contribution in [-0.2, 0) is 12.8 Å². The predicted octanol–water partition coefficient (Wildman–Crippen LogP) is 2.27. The number of nitrogens with zero attached hydrogens (tertiary/aromatic N) is 1. The standard InChI is InChI=1S/C18H27BN2/c1-13-14(2)17(4-3-16(13)5-7-19)9-15-11-21(12-15)18-6-8-20-10-18/h3-4,15,18,20H,5-12H2,1-2H3. The molecule has 0 saturated carbocycles. The first-order valence-corrected chi connectivity index (χ1v) is 8.42. The van der Waals surface area contributed by atoms with Crippen LogP contribution in [0.4, 0.5) is 0 Å². The van der Waals surface area contributed by atoms with Crippen LogP contribution in [0.2, 0.25) is 6.32 Å². The summed E-state index contributed by atoms with van der Waals surface area (Å²) in [5.41, 5.74) is 5.91. The molecule has 2 saturated heterocycles. The Labute approximate surface area is 130 Å². The lowest BCUT2D eigenvalue weighted by Crippen LogP contribution is -2.53. The number of nitrogens with one attached hydrogen (secondary N) is 1. The van der Waals surface area contributed by atoms with E-state index in [2.05, 4.69) is 36.2 Å². The maximum Gasteiger partial charge on any atom is 0.0657 e. The van der Waals surface area contributed by atoms with Gasteiger partial charge in [-0.05, 0) is 67.8 Å². The van der Waals surface area contributed by atoms with Gasteiger partial charge < -0.3 is 5.32 Å². The van der Waals surface area contributed by atoms with Crippen LogP contribution in [0.5, 0.6) is 0 Å². The summed E-state index contributed by atoms with van der Waals surface area (Å²) in [5.74, 6) is 0.851. The SMILES string of the molecule is [B]CCc1ccc(CC2CN(C3CCNC3)C2)c(C)c1C. The molecule has 1 aromatic rings. The van der Waals surface area contributed by atoms with Crippen molar-refractivity contribution in [3.63, 3.8) is 0 Å². The Kier molecular flexibility index (Phi) is 4.70. The summed E-state index contributed by atoms with van der Waals surface area (Å²) in [6.45, 7) is 9.50. The van der Waals surface area contributed by atoms with Crippen LogP contribution in [0.25, 0.3) is 0 Å². The molecule has 2 aliphatic rings. The van der Waals surface area contributed by atoms with Crippen LogP contribution < -0.4 is 5.32 Å². The second-order valence-electron chi connectivity index (χ2n) is 6.84. The van der Waals surface area contributed by atoms with Crippen molar-refractivity contribution in [1.82, 2.24) is 10.2 Å². The minimum atomic E-state index is 0.743. The summed E-state index contributed by atoms with van der Waals surface area (Å²) in [6, 6.07) is 5.44. The third-order valence-corrected chi connectivity index (χ3v) is 5.47. The van der Waals surface area contributed by atoms with Gasteiger partial charge in [-0.2, -0.15) is 0 Å². The second kappa shape index (κ2) is 6.54. The molecule has 2 radical (unpaired) electrons. The number of likely N-dealkylation sites (tertiary alicyclic amines) is 1. The molecule has 112 valence electrons. The van der Waals surface area contributed by atoms with Crippen molar-refractivity contribution in [2.75, 3.05) is 26.2 Å². The first kappa shape index (κ1) is 15.1. The lowest BCUT2D eigenvalue weighted by atomic mass is 9.85. The van der Waals surface area contributed by atoms with E-state index in [1.54, 1.807) is 5.56 Å². The van der Waals surface area contributed by atoms with Crippen molar-refractivity contribution < 1.29 is 0 Å². The molecule has 0 aliphatic carbocycles. The van der Waals surface area contributed by atoms with Crippen LogP contribution in [0, 0.1) is 19.8 Å². The molecule has 0 amide bonds. The Hall–Kier alpha value is -0.795. The van der Waals surface area contributed by atoms with Crippen molar-refractivity contribution in [3.05, 3.63) is 34.4 Å². The van der Waals surface area contributed by atoms with Gasteiger partial charge in [0.25, 0.3) is 0 Å². The molecule has 2 heterocycles. The molecule has 1 unspecified atom stereocenters. The molecular weight excluding hydrogens is 255 g/mol. The normalized spacial score (nSPS) is 23.4. The summed E-state index contributed by atoms with van der Waals surface area (Å²) >= 11 is 0. The molecule has 2 aliphatic heterocycles. The zero-order chi connectivity index (χ0) is 14.8. The van der Waals surface area contributed by atoms with Crippen molar-refractivity contribution in [1.29, 1.82) is 0 Å². The van der Waals surface area contributed by atoms with Gasteiger partial charge in [-0.1, -0.05) is 18.5 Å². The zero-order valence-electron chi connectivity index (χ0n) is 13.5. The van der Waals surface area contributed by atoms with E-state index >= 15 is 0 Å². The molecule has 0 bridgehead atoms. The van der Waals surface area contributed by atoms with Gasteiger partial charge in [-0.25, -0.2) is 0 Å². The Balaban J connectivity index is 1.57. The van der Waals surface area contributed by atoms with E-state index < -0.39 is 0 Å². The maximum absolute atomic E-state index is 5.69. The van der Waals surface area contributed by atoms with E-state index in [1.165, 1.54) is 55.7 Å². The monoisotopic (exact) mass is 282 g/mol. The van der Waals surface area contributed by atoms with Gasteiger partial charge in [0.1, 0.15) is 0 Å². The molecule has 3 rings (SSSR count). The summed E-state index contributed by atoms with van der Waals surface area (Å²) in [5, 5.41) is 3.47. The molecule has 1 atom stereocenters. The quantitative estimate of drug-likeness (QED) is 0.833. The highest BCUT2D eigenvalue weighted by Crippen LogP contribution is 2.27. The van der Waals surface area contributed by atoms with Crippen molar-refractivity contribution >= 4 is 7.85 Å². The average molecular weight is 282 g/mol. The molecular formula is C18H27BN2. The minimum Gasteiger partial charge on any atom is -0.315 e. The lowest BCUT2D eigenvalue weighted by Gasteiger charge is -2.43. The fourth-order valence-electron chi connectivity index (χ4n) is 3.88. The van der Waals surface area contributed by atoms with Crippen molar-refractivity contribution in [2.45, 2.75) is 45.5 Å². The zero-order valence-corrected chi connectivity index (χ0v) is 13.5. The third kappa shape index (κ3) is 3.19. The van der Waals surface area contributed by atoms with Crippen LogP contribution in [0.3, 0.4) is 0 Å². The molecule has 1 N–H and O–H groups in total. The maximum atomic E-state index is 5.69. The van der Waals surface area contributed by atoms with E-state index in [0.717, 1.165) is 24.7 Å². The molecule has 0 aromatic heterocycles. The van der Waals surface area contributed by atoms with Crippen LogP contribution >= 0.6 is 0 Å². The molecule has 2 nitrogen and oxygen atoms in total. The number of rotatable bonds is 5. The van der Waals surface area contributed by atoms with E-state index in [0.29, 0.717) is 0 Å². The summed E-state index contributed by atoms with van der Waals surface area (Å²) in [4.78, 5) is 2.66. The predicted molar refractivity (Wildman–Crippen MR) is 90.2 cm³/mol. The lowest BCUT2D eigenvalue weighted by molar-refractivity contribution is 0.0608. The highest BCUT2D eigenvalue weighted by molar-refractivity contribution is 6.08. The third-order valence-electron chi connectivity index (χ3n) is 5.47. The first-order valence-electron chi connectivity index (χ1n) is 8.42. The number of hydrogen-bond donors (Lipinski definition) is 1. The number of benzene rings is 1. The van der Waals surface area contributed by atoms with Gasteiger partial charge in [-0.3, -0.25) is 4.90 Å². The van der Waals surface area contributed by atoms with E-state index in [1.807, 2.05) is 0 Å². The summed E-state index contributed by atoms with van der Waals surface area (Å²) in [6.07, 6.45) is 4.32. The van der Waals surface area contributed by atoms with E-state index in [-0.39, 0.29) is 0 Å². The molecule has 3 heteroatoms. The Morgan fingerprint density at radius 1 is 1.19 bits per heavy atom. The van der Waals surface area contributed by atoms with Gasteiger partial charge in [0.15, 0.2) is 0 Å². The van der Waals surface area contributed by atoms with Crippen LogP contribution in [0.1, 0.15) is 28.7 Å². The minimum absolute atomic E-state index is 0.743. The van der Waals surface area contributed by atoms with Crippen LogP contribution in [0.15, 0.2) is 12.1 Å². The van der Waals surface area contributed by atoms with Crippen molar-refractivity contribution in [3.8, 4) is 0 Å².